The van der Waals surface area contributed by atoms with Gasteiger partial charge >= 0.3 is 6.36 Å². The zero-order valence-corrected chi connectivity index (χ0v) is 10.4. The van der Waals surface area contributed by atoms with Crippen molar-refractivity contribution in [3.63, 3.8) is 0 Å². The third-order valence-corrected chi connectivity index (χ3v) is 2.06. The second-order valence-corrected chi connectivity index (χ2v) is 4.90. The first-order chi connectivity index (χ1) is 8.07. The first kappa shape index (κ1) is 14.8. The summed E-state index contributed by atoms with van der Waals surface area (Å²) in [5, 5.41) is 2.99. The molecule has 0 heterocycles. The third-order valence-electron chi connectivity index (χ3n) is 2.06. The summed E-state index contributed by atoms with van der Waals surface area (Å²) in [5.74, 6) is -0.990. The predicted molar refractivity (Wildman–Crippen MR) is 59.7 cm³/mol. The number of ether oxygens (including phenoxy) is 1. The van der Waals surface area contributed by atoms with Crippen LogP contribution in [0.1, 0.15) is 26.3 Å². The first-order valence-electron chi connectivity index (χ1n) is 5.36. The molecule has 1 rings (SSSR count). The van der Waals surface area contributed by atoms with Gasteiger partial charge in [0, 0.05) is 17.6 Å². The second kappa shape index (κ2) is 5.14. The van der Waals surface area contributed by atoms with Crippen LogP contribution in [-0.4, -0.2) is 11.9 Å². The molecule has 0 spiro atoms. The third kappa shape index (κ3) is 5.35. The Kier molecular flexibility index (Phi) is 4.21. The number of hydrogen-bond acceptors (Lipinski definition) is 2. The van der Waals surface area contributed by atoms with Crippen LogP contribution in [0.15, 0.2) is 18.2 Å². The summed E-state index contributed by atoms with van der Waals surface area (Å²) in [4.78, 5) is 0. The van der Waals surface area contributed by atoms with E-state index in [4.69, 9.17) is 0 Å². The van der Waals surface area contributed by atoms with Crippen LogP contribution < -0.4 is 10.1 Å². The van der Waals surface area contributed by atoms with E-state index < -0.39 is 17.9 Å². The maximum atomic E-state index is 13.4. The number of halogens is 4. The van der Waals surface area contributed by atoms with Gasteiger partial charge < -0.3 is 10.1 Å². The summed E-state index contributed by atoms with van der Waals surface area (Å²) >= 11 is 0. The molecular formula is C12H15F4NO. The molecule has 1 aromatic carbocycles. The van der Waals surface area contributed by atoms with Gasteiger partial charge in [-0.25, -0.2) is 4.39 Å². The Morgan fingerprint density at radius 2 is 1.78 bits per heavy atom. The van der Waals surface area contributed by atoms with Crippen molar-refractivity contribution in [3.8, 4) is 5.75 Å². The molecule has 102 valence electrons. The van der Waals surface area contributed by atoms with E-state index in [0.29, 0.717) is 0 Å². The molecule has 0 amide bonds. The molecule has 0 radical (unpaired) electrons. The second-order valence-electron chi connectivity index (χ2n) is 4.90. The molecule has 0 aliphatic carbocycles. The van der Waals surface area contributed by atoms with E-state index >= 15 is 0 Å². The Bertz CT molecular complexity index is 410. The van der Waals surface area contributed by atoms with Crippen molar-refractivity contribution in [3.05, 3.63) is 29.6 Å². The van der Waals surface area contributed by atoms with Gasteiger partial charge in [-0.2, -0.15) is 0 Å². The van der Waals surface area contributed by atoms with Gasteiger partial charge in [-0.05, 0) is 39.0 Å². The van der Waals surface area contributed by atoms with Crippen molar-refractivity contribution in [1.82, 2.24) is 5.32 Å². The van der Waals surface area contributed by atoms with Crippen LogP contribution in [-0.2, 0) is 6.54 Å². The summed E-state index contributed by atoms with van der Waals surface area (Å²) < 4.78 is 53.2. The van der Waals surface area contributed by atoms with Crippen LogP contribution in [0, 0.1) is 5.82 Å². The Hall–Kier alpha value is -1.30. The van der Waals surface area contributed by atoms with Gasteiger partial charge in [0.15, 0.2) is 0 Å². The summed E-state index contributed by atoms with van der Waals surface area (Å²) in [7, 11) is 0. The molecule has 2 nitrogen and oxygen atoms in total. The molecule has 0 fully saturated rings. The average molecular weight is 265 g/mol. The van der Waals surface area contributed by atoms with Crippen LogP contribution in [0.5, 0.6) is 5.75 Å². The van der Waals surface area contributed by atoms with Crippen molar-refractivity contribution in [1.29, 1.82) is 0 Å². The largest absolute Gasteiger partial charge is 0.573 e. The Morgan fingerprint density at radius 3 is 2.28 bits per heavy atom. The molecule has 0 saturated carbocycles. The van der Waals surface area contributed by atoms with Crippen LogP contribution in [0.2, 0.25) is 0 Å². The molecule has 0 saturated heterocycles. The highest BCUT2D eigenvalue weighted by atomic mass is 19.4. The van der Waals surface area contributed by atoms with E-state index in [0.717, 1.165) is 18.2 Å². The standard InChI is InChI=1S/C12H15F4NO/c1-11(2,3)17-7-8-6-9(4-5-10(8)13)18-12(14,15)16/h4-6,17H,7H2,1-3H3. The van der Waals surface area contributed by atoms with E-state index in [1.165, 1.54) is 0 Å². The molecule has 0 aliphatic rings. The zero-order valence-electron chi connectivity index (χ0n) is 10.4. The normalized spacial score (nSPS) is 12.6. The summed E-state index contributed by atoms with van der Waals surface area (Å²) in [6.45, 7) is 5.76. The molecule has 0 atom stereocenters. The molecule has 6 heteroatoms. The van der Waals surface area contributed by atoms with E-state index in [1.54, 1.807) is 0 Å². The maximum Gasteiger partial charge on any atom is 0.573 e. The fourth-order valence-electron chi connectivity index (χ4n) is 1.24. The Morgan fingerprint density at radius 1 is 1.17 bits per heavy atom. The van der Waals surface area contributed by atoms with E-state index in [2.05, 4.69) is 10.1 Å². The predicted octanol–water partition coefficient (Wildman–Crippen LogP) is 3.61. The summed E-state index contributed by atoms with van der Waals surface area (Å²) in [6, 6.07) is 2.95. The van der Waals surface area contributed by atoms with Gasteiger partial charge in [0.25, 0.3) is 0 Å². The van der Waals surface area contributed by atoms with Crippen LogP contribution >= 0.6 is 0 Å². The van der Waals surface area contributed by atoms with E-state index in [1.807, 2.05) is 20.8 Å². The van der Waals surface area contributed by atoms with Crippen molar-refractivity contribution in [2.75, 3.05) is 0 Å². The lowest BCUT2D eigenvalue weighted by Crippen LogP contribution is -2.35. The van der Waals surface area contributed by atoms with Gasteiger partial charge in [0.2, 0.25) is 0 Å². The lowest BCUT2D eigenvalue weighted by Gasteiger charge is -2.21. The number of alkyl halides is 3. The van der Waals surface area contributed by atoms with E-state index in [-0.39, 0.29) is 17.6 Å². The lowest BCUT2D eigenvalue weighted by atomic mass is 10.1. The molecule has 0 aromatic heterocycles. The van der Waals surface area contributed by atoms with Gasteiger partial charge in [0.05, 0.1) is 0 Å². The number of rotatable bonds is 3. The lowest BCUT2D eigenvalue weighted by molar-refractivity contribution is -0.274. The minimum atomic E-state index is -4.77. The van der Waals surface area contributed by atoms with Gasteiger partial charge in [0.1, 0.15) is 11.6 Å². The van der Waals surface area contributed by atoms with Crippen molar-refractivity contribution < 1.29 is 22.3 Å². The highest BCUT2D eigenvalue weighted by Gasteiger charge is 2.31. The zero-order chi connectivity index (χ0) is 14.0. The number of benzene rings is 1. The van der Waals surface area contributed by atoms with Gasteiger partial charge in [-0.15, -0.1) is 13.2 Å². The topological polar surface area (TPSA) is 21.3 Å². The van der Waals surface area contributed by atoms with Crippen LogP contribution in [0.4, 0.5) is 17.6 Å². The minimum absolute atomic E-state index is 0.129. The van der Waals surface area contributed by atoms with Crippen molar-refractivity contribution >= 4 is 0 Å². The number of nitrogens with one attached hydrogen (secondary N) is 1. The summed E-state index contributed by atoms with van der Waals surface area (Å²) in [5.41, 5.74) is -0.125. The Labute approximate surface area is 103 Å². The summed E-state index contributed by atoms with van der Waals surface area (Å²) in [6.07, 6.45) is -4.77. The molecule has 0 aliphatic heterocycles. The molecule has 1 N–H and O–H groups in total. The molecule has 1 aromatic rings. The monoisotopic (exact) mass is 265 g/mol. The SMILES string of the molecule is CC(C)(C)NCc1cc(OC(F)(F)F)ccc1F. The van der Waals surface area contributed by atoms with Gasteiger partial charge in [-0.3, -0.25) is 0 Å². The number of hydrogen-bond donors (Lipinski definition) is 1. The first-order valence-corrected chi connectivity index (χ1v) is 5.36. The quantitative estimate of drug-likeness (QED) is 0.843. The molecule has 18 heavy (non-hydrogen) atoms. The fourth-order valence-corrected chi connectivity index (χ4v) is 1.24. The van der Waals surface area contributed by atoms with Crippen molar-refractivity contribution in [2.24, 2.45) is 0 Å². The van der Waals surface area contributed by atoms with Gasteiger partial charge in [-0.1, -0.05) is 0 Å². The van der Waals surface area contributed by atoms with Crippen LogP contribution in [0.25, 0.3) is 0 Å². The average Bonchev–Trinajstić information content (AvgIpc) is 2.15. The van der Waals surface area contributed by atoms with E-state index in [9.17, 15) is 17.6 Å². The minimum Gasteiger partial charge on any atom is -0.406 e. The highest BCUT2D eigenvalue weighted by Crippen LogP contribution is 2.24. The Balaban J connectivity index is 2.82. The molecular weight excluding hydrogens is 250 g/mol. The van der Waals surface area contributed by atoms with Crippen LogP contribution in [0.3, 0.4) is 0 Å². The highest BCUT2D eigenvalue weighted by molar-refractivity contribution is 5.30. The maximum absolute atomic E-state index is 13.4. The smallest absolute Gasteiger partial charge is 0.406 e. The fraction of sp³-hybridized carbons (Fsp3) is 0.500. The molecule has 0 unspecified atom stereocenters. The van der Waals surface area contributed by atoms with Crippen molar-refractivity contribution in [2.45, 2.75) is 39.2 Å². The molecule has 0 bridgehead atoms.